The predicted octanol–water partition coefficient (Wildman–Crippen LogP) is 2.32. The number of nitrogens with one attached hydrogen (secondary N) is 1. The van der Waals surface area contributed by atoms with E-state index in [1.165, 1.54) is 16.7 Å². The van der Waals surface area contributed by atoms with E-state index in [9.17, 15) is 0 Å². The Labute approximate surface area is 122 Å². The molecule has 4 rings (SSSR count). The highest BCUT2D eigenvalue weighted by molar-refractivity contribution is 7.98. The van der Waals surface area contributed by atoms with Gasteiger partial charge in [-0.2, -0.15) is 0 Å². The fourth-order valence-electron chi connectivity index (χ4n) is 2.96. The lowest BCUT2D eigenvalue weighted by Gasteiger charge is -2.20. The van der Waals surface area contributed by atoms with E-state index in [-0.39, 0.29) is 0 Å². The third-order valence-corrected chi connectivity index (χ3v) is 4.52. The fourth-order valence-corrected chi connectivity index (χ4v) is 3.34. The number of thioether (sulfide) groups is 1. The number of nitrogens with zero attached hydrogens (tertiary/aromatic N) is 3. The van der Waals surface area contributed by atoms with Crippen molar-refractivity contribution >= 4 is 17.6 Å². The molecule has 0 aliphatic carbocycles. The lowest BCUT2D eigenvalue weighted by molar-refractivity contribution is 0.753. The zero-order chi connectivity index (χ0) is 13.5. The van der Waals surface area contributed by atoms with E-state index in [1.54, 1.807) is 11.8 Å². The number of benzene rings is 1. The second-order valence-electron chi connectivity index (χ2n) is 5.19. The number of hydrogen-bond donors (Lipinski definition) is 1. The van der Waals surface area contributed by atoms with Gasteiger partial charge >= 0.3 is 0 Å². The summed E-state index contributed by atoms with van der Waals surface area (Å²) < 4.78 is 0. The van der Waals surface area contributed by atoms with Crippen LogP contribution in [0.4, 0.5) is 5.82 Å². The van der Waals surface area contributed by atoms with Gasteiger partial charge in [0.1, 0.15) is 5.82 Å². The second kappa shape index (κ2) is 4.75. The minimum Gasteiger partial charge on any atom is -0.348 e. The number of anilines is 1. The molecule has 5 heteroatoms. The molecule has 2 aliphatic rings. The first kappa shape index (κ1) is 12.2. The lowest BCUT2D eigenvalue weighted by atomic mass is 10.1. The number of hydrogen-bond acceptors (Lipinski definition) is 5. The predicted molar refractivity (Wildman–Crippen MR) is 80.7 cm³/mol. The second-order valence-corrected chi connectivity index (χ2v) is 5.96. The molecule has 0 unspecified atom stereocenters. The third kappa shape index (κ3) is 1.89. The summed E-state index contributed by atoms with van der Waals surface area (Å²) in [6, 6.07) is 8.65. The van der Waals surface area contributed by atoms with Gasteiger partial charge in [-0.05, 0) is 17.4 Å². The molecule has 0 spiro atoms. The standard InChI is InChI=1S/C15H16N4S/c1-20-15-17-13-7-16-6-12(13)14(18-15)19-8-10-4-2-3-5-11(10)9-19/h2-5,16H,6-9H2,1H3. The van der Waals surface area contributed by atoms with Crippen molar-refractivity contribution in [3.05, 3.63) is 46.6 Å². The van der Waals surface area contributed by atoms with Crippen molar-refractivity contribution in [1.29, 1.82) is 0 Å². The van der Waals surface area contributed by atoms with Crippen LogP contribution >= 0.6 is 11.8 Å². The van der Waals surface area contributed by atoms with Gasteiger partial charge in [-0.25, -0.2) is 9.97 Å². The molecule has 0 radical (unpaired) electrons. The molecular formula is C15H16N4S. The van der Waals surface area contributed by atoms with Gasteiger partial charge in [0.25, 0.3) is 0 Å². The minimum atomic E-state index is 0.860. The molecule has 0 saturated heterocycles. The molecule has 0 fully saturated rings. The van der Waals surface area contributed by atoms with Crippen LogP contribution in [0, 0.1) is 0 Å². The summed E-state index contributed by atoms with van der Waals surface area (Å²) in [6.07, 6.45) is 2.03. The van der Waals surface area contributed by atoms with E-state index in [4.69, 9.17) is 4.98 Å². The first-order chi connectivity index (χ1) is 9.85. The number of rotatable bonds is 2. The summed E-state index contributed by atoms with van der Waals surface area (Å²) in [5, 5.41) is 4.26. The average molecular weight is 284 g/mol. The van der Waals surface area contributed by atoms with Gasteiger partial charge in [-0.1, -0.05) is 36.0 Å². The van der Waals surface area contributed by atoms with Crippen LogP contribution in [0.25, 0.3) is 0 Å². The molecule has 1 aromatic heterocycles. The van der Waals surface area contributed by atoms with E-state index < -0.39 is 0 Å². The Morgan fingerprint density at radius 3 is 2.55 bits per heavy atom. The molecule has 1 aromatic carbocycles. The van der Waals surface area contributed by atoms with Gasteiger partial charge in [0, 0.05) is 31.7 Å². The molecule has 102 valence electrons. The zero-order valence-corrected chi connectivity index (χ0v) is 12.2. The van der Waals surface area contributed by atoms with Crippen LogP contribution in [0.1, 0.15) is 22.4 Å². The SMILES string of the molecule is CSc1nc2c(c(N3Cc4ccccc4C3)n1)CNC2. The Balaban J connectivity index is 1.75. The van der Waals surface area contributed by atoms with Crippen LogP contribution < -0.4 is 10.2 Å². The van der Waals surface area contributed by atoms with Crippen molar-refractivity contribution in [2.24, 2.45) is 0 Å². The lowest BCUT2D eigenvalue weighted by Crippen LogP contribution is -2.19. The Bertz CT molecular complexity index is 646. The Morgan fingerprint density at radius 1 is 1.10 bits per heavy atom. The van der Waals surface area contributed by atoms with Gasteiger partial charge in [-0.3, -0.25) is 0 Å². The molecular weight excluding hydrogens is 268 g/mol. The summed E-state index contributed by atoms with van der Waals surface area (Å²) in [4.78, 5) is 11.8. The largest absolute Gasteiger partial charge is 0.348 e. The van der Waals surface area contributed by atoms with Crippen molar-refractivity contribution in [3.63, 3.8) is 0 Å². The highest BCUT2D eigenvalue weighted by atomic mass is 32.2. The van der Waals surface area contributed by atoms with Crippen LogP contribution in [0.3, 0.4) is 0 Å². The average Bonchev–Trinajstić information content (AvgIpc) is 3.12. The van der Waals surface area contributed by atoms with Gasteiger partial charge < -0.3 is 10.2 Å². The normalized spacial score (nSPS) is 16.4. The monoisotopic (exact) mass is 284 g/mol. The van der Waals surface area contributed by atoms with Crippen molar-refractivity contribution < 1.29 is 0 Å². The van der Waals surface area contributed by atoms with Crippen molar-refractivity contribution in [3.8, 4) is 0 Å². The minimum absolute atomic E-state index is 0.860. The van der Waals surface area contributed by atoms with Crippen LogP contribution in [0.5, 0.6) is 0 Å². The molecule has 3 heterocycles. The maximum Gasteiger partial charge on any atom is 0.189 e. The molecule has 2 aliphatic heterocycles. The molecule has 4 nitrogen and oxygen atoms in total. The number of fused-ring (bicyclic) bond motifs is 2. The van der Waals surface area contributed by atoms with E-state index in [0.29, 0.717) is 0 Å². The van der Waals surface area contributed by atoms with Gasteiger partial charge in [-0.15, -0.1) is 0 Å². The zero-order valence-electron chi connectivity index (χ0n) is 11.4. The highest BCUT2D eigenvalue weighted by Crippen LogP contribution is 2.32. The topological polar surface area (TPSA) is 41.1 Å². The Morgan fingerprint density at radius 2 is 1.85 bits per heavy atom. The quantitative estimate of drug-likeness (QED) is 0.677. The van der Waals surface area contributed by atoms with Crippen LogP contribution in [-0.4, -0.2) is 16.2 Å². The third-order valence-electron chi connectivity index (χ3n) is 3.97. The van der Waals surface area contributed by atoms with E-state index in [1.807, 2.05) is 6.26 Å². The van der Waals surface area contributed by atoms with Gasteiger partial charge in [0.15, 0.2) is 5.16 Å². The molecule has 20 heavy (non-hydrogen) atoms. The summed E-state index contributed by atoms with van der Waals surface area (Å²) in [5.74, 6) is 1.11. The van der Waals surface area contributed by atoms with Crippen LogP contribution in [-0.2, 0) is 26.2 Å². The maximum atomic E-state index is 4.77. The Kier molecular flexibility index (Phi) is 2.89. The highest BCUT2D eigenvalue weighted by Gasteiger charge is 2.26. The van der Waals surface area contributed by atoms with Crippen molar-refractivity contribution in [2.75, 3.05) is 11.2 Å². The van der Waals surface area contributed by atoms with Gasteiger partial charge in [0.05, 0.1) is 5.69 Å². The smallest absolute Gasteiger partial charge is 0.189 e. The van der Waals surface area contributed by atoms with Crippen LogP contribution in [0.15, 0.2) is 29.4 Å². The van der Waals surface area contributed by atoms with E-state index >= 15 is 0 Å². The Hall–Kier alpha value is -1.59. The summed E-state index contributed by atoms with van der Waals surface area (Å²) in [6.45, 7) is 3.65. The first-order valence-corrected chi connectivity index (χ1v) is 8.04. The molecule has 0 amide bonds. The molecule has 0 bridgehead atoms. The molecule has 0 saturated carbocycles. The van der Waals surface area contributed by atoms with Crippen molar-refractivity contribution in [2.45, 2.75) is 31.3 Å². The fraction of sp³-hybridized carbons (Fsp3) is 0.333. The van der Waals surface area contributed by atoms with Gasteiger partial charge in [0.2, 0.25) is 0 Å². The maximum absolute atomic E-state index is 4.77. The van der Waals surface area contributed by atoms with E-state index in [0.717, 1.165) is 42.8 Å². The molecule has 0 atom stereocenters. The molecule has 2 aromatic rings. The summed E-state index contributed by atoms with van der Waals surface area (Å²) in [5.41, 5.74) is 5.26. The molecule has 1 N–H and O–H groups in total. The summed E-state index contributed by atoms with van der Waals surface area (Å²) >= 11 is 1.61. The van der Waals surface area contributed by atoms with E-state index in [2.05, 4.69) is 39.5 Å². The van der Waals surface area contributed by atoms with Crippen LogP contribution in [0.2, 0.25) is 0 Å². The summed E-state index contributed by atoms with van der Waals surface area (Å²) in [7, 11) is 0. The first-order valence-electron chi connectivity index (χ1n) is 6.81. The van der Waals surface area contributed by atoms with Crippen molar-refractivity contribution in [1.82, 2.24) is 15.3 Å². The number of aromatic nitrogens is 2.